The number of methoxy groups -OCH3 is 1. The Bertz CT molecular complexity index is 225. The third kappa shape index (κ3) is 2.64. The summed E-state index contributed by atoms with van der Waals surface area (Å²) >= 11 is 3.43. The van der Waals surface area contributed by atoms with E-state index in [1.807, 2.05) is 0 Å². The Morgan fingerprint density at radius 2 is 2.09 bits per heavy atom. The van der Waals surface area contributed by atoms with Crippen molar-refractivity contribution in [2.45, 2.75) is 13.5 Å². The zero-order valence-electron chi connectivity index (χ0n) is 6.73. The lowest BCUT2D eigenvalue weighted by atomic mass is 10.1. The highest BCUT2D eigenvalue weighted by Gasteiger charge is 1.94. The van der Waals surface area contributed by atoms with Crippen LogP contribution in [0.2, 0.25) is 0 Å². The summed E-state index contributed by atoms with van der Waals surface area (Å²) in [7, 11) is 1.70. The van der Waals surface area contributed by atoms with Crippen LogP contribution in [0.25, 0.3) is 0 Å². The Morgan fingerprint density at radius 1 is 1.36 bits per heavy atom. The predicted molar refractivity (Wildman–Crippen MR) is 49.6 cm³/mol. The van der Waals surface area contributed by atoms with Gasteiger partial charge in [-0.2, -0.15) is 0 Å². The lowest BCUT2D eigenvalue weighted by Gasteiger charge is -2.01. The molecule has 0 saturated heterocycles. The van der Waals surface area contributed by atoms with Crippen LogP contribution in [0.4, 0.5) is 0 Å². The van der Waals surface area contributed by atoms with Gasteiger partial charge in [-0.1, -0.05) is 22.0 Å². The van der Waals surface area contributed by atoms with Gasteiger partial charge in [0.15, 0.2) is 0 Å². The summed E-state index contributed by atoms with van der Waals surface area (Å²) in [5.41, 5.74) is 2.46. The molecule has 1 aromatic rings. The molecule has 0 spiro atoms. The molecular formula is C9H11BrO. The quantitative estimate of drug-likeness (QED) is 0.736. The highest BCUT2D eigenvalue weighted by Crippen LogP contribution is 2.15. The number of ether oxygens (including phenoxy) is 1. The van der Waals surface area contributed by atoms with Crippen molar-refractivity contribution in [3.63, 3.8) is 0 Å². The minimum atomic E-state index is 0.681. The molecule has 0 heterocycles. The minimum absolute atomic E-state index is 0.681. The van der Waals surface area contributed by atoms with Crippen LogP contribution in [0.1, 0.15) is 11.1 Å². The first-order chi connectivity index (χ1) is 5.22. The van der Waals surface area contributed by atoms with E-state index in [0.29, 0.717) is 6.61 Å². The van der Waals surface area contributed by atoms with Crippen molar-refractivity contribution in [1.29, 1.82) is 0 Å². The molecule has 1 rings (SSSR count). The Kier molecular flexibility index (Phi) is 3.09. The van der Waals surface area contributed by atoms with E-state index in [1.54, 1.807) is 7.11 Å². The van der Waals surface area contributed by atoms with Gasteiger partial charge in [0.05, 0.1) is 6.61 Å². The number of hydrogen-bond donors (Lipinski definition) is 0. The fourth-order valence-electron chi connectivity index (χ4n) is 1.06. The number of rotatable bonds is 2. The van der Waals surface area contributed by atoms with Gasteiger partial charge in [-0.05, 0) is 30.2 Å². The van der Waals surface area contributed by atoms with Gasteiger partial charge in [-0.25, -0.2) is 0 Å². The normalized spacial score (nSPS) is 10.1. The van der Waals surface area contributed by atoms with Crippen molar-refractivity contribution >= 4 is 15.9 Å². The van der Waals surface area contributed by atoms with Crippen LogP contribution in [-0.2, 0) is 11.3 Å². The lowest BCUT2D eigenvalue weighted by molar-refractivity contribution is 0.185. The molecule has 11 heavy (non-hydrogen) atoms. The first-order valence-electron chi connectivity index (χ1n) is 3.47. The van der Waals surface area contributed by atoms with E-state index in [0.717, 1.165) is 4.47 Å². The third-order valence-corrected chi connectivity index (χ3v) is 1.87. The Balaban J connectivity index is 2.89. The maximum atomic E-state index is 5.02. The second-order valence-corrected chi connectivity index (χ2v) is 3.49. The number of aryl methyl sites for hydroxylation is 1. The molecule has 0 N–H and O–H groups in total. The fourth-order valence-corrected chi connectivity index (χ4v) is 1.72. The Labute approximate surface area is 75.5 Å². The summed E-state index contributed by atoms with van der Waals surface area (Å²) in [5.74, 6) is 0. The molecular weight excluding hydrogens is 204 g/mol. The maximum Gasteiger partial charge on any atom is 0.0713 e. The van der Waals surface area contributed by atoms with E-state index in [2.05, 4.69) is 41.1 Å². The standard InChI is InChI=1S/C9H11BrO/c1-7-3-8(6-11-2)5-9(10)4-7/h3-5H,6H2,1-2H3. The minimum Gasteiger partial charge on any atom is -0.380 e. The average molecular weight is 215 g/mol. The van der Waals surface area contributed by atoms with Crippen molar-refractivity contribution in [2.75, 3.05) is 7.11 Å². The first-order valence-corrected chi connectivity index (χ1v) is 4.26. The molecule has 0 aromatic heterocycles. The summed E-state index contributed by atoms with van der Waals surface area (Å²) < 4.78 is 6.13. The van der Waals surface area contributed by atoms with E-state index in [1.165, 1.54) is 11.1 Å². The number of halogens is 1. The zero-order chi connectivity index (χ0) is 8.27. The molecule has 0 atom stereocenters. The molecule has 2 heteroatoms. The molecule has 0 aliphatic heterocycles. The number of benzene rings is 1. The Hall–Kier alpha value is -0.340. The average Bonchev–Trinajstić information content (AvgIpc) is 1.85. The molecule has 0 radical (unpaired) electrons. The number of hydrogen-bond acceptors (Lipinski definition) is 1. The second kappa shape index (κ2) is 3.88. The van der Waals surface area contributed by atoms with Crippen molar-refractivity contribution < 1.29 is 4.74 Å². The van der Waals surface area contributed by atoms with Gasteiger partial charge in [0.2, 0.25) is 0 Å². The second-order valence-electron chi connectivity index (χ2n) is 2.57. The summed E-state index contributed by atoms with van der Waals surface area (Å²) in [4.78, 5) is 0. The molecule has 0 unspecified atom stereocenters. The van der Waals surface area contributed by atoms with Crippen LogP contribution >= 0.6 is 15.9 Å². The topological polar surface area (TPSA) is 9.23 Å². The SMILES string of the molecule is COCc1cc(C)cc(Br)c1. The molecule has 1 nitrogen and oxygen atoms in total. The van der Waals surface area contributed by atoms with Crippen molar-refractivity contribution in [2.24, 2.45) is 0 Å². The molecule has 0 saturated carbocycles. The molecule has 0 fully saturated rings. The van der Waals surface area contributed by atoms with Crippen LogP contribution in [0, 0.1) is 6.92 Å². The van der Waals surface area contributed by atoms with Crippen molar-refractivity contribution in [3.8, 4) is 0 Å². The van der Waals surface area contributed by atoms with Gasteiger partial charge in [0.1, 0.15) is 0 Å². The van der Waals surface area contributed by atoms with Crippen LogP contribution in [0.5, 0.6) is 0 Å². The predicted octanol–water partition coefficient (Wildman–Crippen LogP) is 2.90. The van der Waals surface area contributed by atoms with Gasteiger partial charge in [0, 0.05) is 11.6 Å². The van der Waals surface area contributed by atoms with E-state index in [9.17, 15) is 0 Å². The zero-order valence-corrected chi connectivity index (χ0v) is 8.31. The van der Waals surface area contributed by atoms with Crippen molar-refractivity contribution in [1.82, 2.24) is 0 Å². The first kappa shape index (κ1) is 8.75. The summed E-state index contributed by atoms with van der Waals surface area (Å²) in [6, 6.07) is 6.27. The van der Waals surface area contributed by atoms with Gasteiger partial charge in [0.25, 0.3) is 0 Å². The summed E-state index contributed by atoms with van der Waals surface area (Å²) in [6.45, 7) is 2.75. The van der Waals surface area contributed by atoms with E-state index >= 15 is 0 Å². The van der Waals surface area contributed by atoms with Gasteiger partial charge in [-0.15, -0.1) is 0 Å². The highest BCUT2D eigenvalue weighted by atomic mass is 79.9. The summed E-state index contributed by atoms with van der Waals surface area (Å²) in [6.07, 6.45) is 0. The molecule has 0 amide bonds. The van der Waals surface area contributed by atoms with Crippen LogP contribution in [0.3, 0.4) is 0 Å². The highest BCUT2D eigenvalue weighted by molar-refractivity contribution is 9.10. The molecule has 1 aromatic carbocycles. The van der Waals surface area contributed by atoms with Crippen molar-refractivity contribution in [3.05, 3.63) is 33.8 Å². The van der Waals surface area contributed by atoms with Gasteiger partial charge >= 0.3 is 0 Å². The smallest absolute Gasteiger partial charge is 0.0713 e. The van der Waals surface area contributed by atoms with Crippen LogP contribution in [0.15, 0.2) is 22.7 Å². The maximum absolute atomic E-state index is 5.02. The third-order valence-electron chi connectivity index (χ3n) is 1.41. The van der Waals surface area contributed by atoms with Gasteiger partial charge in [-0.3, -0.25) is 0 Å². The van der Waals surface area contributed by atoms with E-state index in [-0.39, 0.29) is 0 Å². The molecule has 60 valence electrons. The molecule has 0 bridgehead atoms. The molecule has 0 aliphatic carbocycles. The lowest BCUT2D eigenvalue weighted by Crippen LogP contribution is -1.87. The van der Waals surface area contributed by atoms with Crippen LogP contribution in [-0.4, -0.2) is 7.11 Å². The van der Waals surface area contributed by atoms with E-state index < -0.39 is 0 Å². The monoisotopic (exact) mass is 214 g/mol. The van der Waals surface area contributed by atoms with Crippen LogP contribution < -0.4 is 0 Å². The van der Waals surface area contributed by atoms with E-state index in [4.69, 9.17) is 4.74 Å². The van der Waals surface area contributed by atoms with Gasteiger partial charge < -0.3 is 4.74 Å². The summed E-state index contributed by atoms with van der Waals surface area (Å²) in [5, 5.41) is 0. The fraction of sp³-hybridized carbons (Fsp3) is 0.333. The Morgan fingerprint density at radius 3 is 2.64 bits per heavy atom. The molecule has 0 aliphatic rings. The largest absolute Gasteiger partial charge is 0.380 e.